The van der Waals surface area contributed by atoms with Crippen LogP contribution in [0.25, 0.3) is 0 Å². The van der Waals surface area contributed by atoms with E-state index in [4.69, 9.17) is 10.5 Å². The first-order valence-corrected chi connectivity index (χ1v) is 8.88. The number of nitrogens with one attached hydrogen (secondary N) is 1. The van der Waals surface area contributed by atoms with Gasteiger partial charge in [-0.15, -0.1) is 11.3 Å². The molecule has 5 nitrogen and oxygen atoms in total. The van der Waals surface area contributed by atoms with Gasteiger partial charge in [0.1, 0.15) is 11.6 Å². The number of anilines is 1. The van der Waals surface area contributed by atoms with Gasteiger partial charge in [-0.2, -0.15) is 0 Å². The normalized spacial score (nSPS) is 10.5. The van der Waals surface area contributed by atoms with Crippen molar-refractivity contribution >= 4 is 23.1 Å². The molecule has 0 spiro atoms. The lowest BCUT2D eigenvalue weighted by molar-refractivity contribution is 0.0952. The van der Waals surface area contributed by atoms with Crippen molar-refractivity contribution in [3.8, 4) is 10.8 Å². The van der Waals surface area contributed by atoms with E-state index >= 15 is 0 Å². The maximum atomic E-state index is 12.3. The molecule has 0 aliphatic carbocycles. The second-order valence-electron chi connectivity index (χ2n) is 5.49. The van der Waals surface area contributed by atoms with Gasteiger partial charge in [0.15, 0.2) is 5.06 Å². The van der Waals surface area contributed by atoms with E-state index < -0.39 is 6.67 Å². The van der Waals surface area contributed by atoms with Crippen molar-refractivity contribution in [3.05, 3.63) is 70.7 Å². The monoisotopic (exact) mass is 371 g/mol. The summed E-state index contributed by atoms with van der Waals surface area (Å²) in [4.78, 5) is 17.3. The fourth-order valence-corrected chi connectivity index (χ4v) is 3.13. The molecule has 0 unspecified atom stereocenters. The van der Waals surface area contributed by atoms with Gasteiger partial charge in [-0.05, 0) is 36.4 Å². The molecule has 0 fully saturated rings. The predicted molar refractivity (Wildman–Crippen MR) is 100 cm³/mol. The number of ether oxygens (including phenoxy) is 1. The highest BCUT2D eigenvalue weighted by atomic mass is 32.1. The second kappa shape index (κ2) is 8.44. The van der Waals surface area contributed by atoms with Crippen LogP contribution in [-0.2, 0) is 13.0 Å². The molecule has 0 bridgehead atoms. The summed E-state index contributed by atoms with van der Waals surface area (Å²) in [7, 11) is 0. The number of benzene rings is 1. The van der Waals surface area contributed by atoms with Crippen LogP contribution in [0, 0.1) is 0 Å². The number of pyridine rings is 1. The minimum Gasteiger partial charge on any atom is -0.447 e. The van der Waals surface area contributed by atoms with Crippen LogP contribution in [0.5, 0.6) is 10.8 Å². The summed E-state index contributed by atoms with van der Waals surface area (Å²) in [5.41, 5.74) is 6.61. The Hall–Kier alpha value is -2.93. The maximum Gasteiger partial charge on any atom is 0.255 e. The molecule has 0 aliphatic rings. The van der Waals surface area contributed by atoms with E-state index in [9.17, 15) is 9.18 Å². The van der Waals surface area contributed by atoms with Crippen LogP contribution in [0.3, 0.4) is 0 Å². The van der Waals surface area contributed by atoms with Crippen LogP contribution < -0.4 is 15.8 Å². The Labute approximate surface area is 154 Å². The molecular weight excluding hydrogens is 353 g/mol. The molecule has 3 aromatic rings. The lowest BCUT2D eigenvalue weighted by Crippen LogP contribution is -2.24. The number of thiophene rings is 1. The molecule has 26 heavy (non-hydrogen) atoms. The van der Waals surface area contributed by atoms with Crippen molar-refractivity contribution in [1.29, 1.82) is 0 Å². The number of nitrogens with two attached hydrogens (primary N) is 1. The number of alkyl halides is 1. The highest BCUT2D eigenvalue weighted by molar-refractivity contribution is 7.13. The molecule has 134 valence electrons. The third kappa shape index (κ3) is 4.58. The quantitative estimate of drug-likeness (QED) is 0.659. The van der Waals surface area contributed by atoms with E-state index in [-0.39, 0.29) is 23.7 Å². The molecule has 3 rings (SSSR count). The van der Waals surface area contributed by atoms with Crippen LogP contribution in [0.2, 0.25) is 0 Å². The number of hydrogen-bond donors (Lipinski definition) is 2. The highest BCUT2D eigenvalue weighted by Crippen LogP contribution is 2.29. The van der Waals surface area contributed by atoms with Crippen molar-refractivity contribution < 1.29 is 13.9 Å². The molecular formula is C19H18FN3O2S. The van der Waals surface area contributed by atoms with Gasteiger partial charge in [0.25, 0.3) is 5.91 Å². The molecule has 0 saturated carbocycles. The number of nitrogens with zero attached hydrogens (tertiary/aromatic N) is 1. The van der Waals surface area contributed by atoms with Crippen molar-refractivity contribution in [2.75, 3.05) is 12.4 Å². The SMILES string of the molecule is Nc1nc(CCF)ccc1C(=O)NCc1ccc(Oc2ccccc2)s1. The smallest absolute Gasteiger partial charge is 0.255 e. The largest absolute Gasteiger partial charge is 0.447 e. The summed E-state index contributed by atoms with van der Waals surface area (Å²) >= 11 is 1.45. The number of nitrogen functional groups attached to an aromatic ring is 1. The fourth-order valence-electron chi connectivity index (χ4n) is 2.32. The Morgan fingerprint density at radius 3 is 2.69 bits per heavy atom. The molecule has 2 heterocycles. The molecule has 7 heteroatoms. The molecule has 0 saturated heterocycles. The van der Waals surface area contributed by atoms with Gasteiger partial charge < -0.3 is 15.8 Å². The molecule has 1 amide bonds. The lowest BCUT2D eigenvalue weighted by atomic mass is 10.2. The third-order valence-electron chi connectivity index (χ3n) is 3.60. The minimum atomic E-state index is -0.510. The van der Waals surface area contributed by atoms with Crippen molar-refractivity contribution in [3.63, 3.8) is 0 Å². The summed E-state index contributed by atoms with van der Waals surface area (Å²) in [5.74, 6) is 0.547. The van der Waals surface area contributed by atoms with Gasteiger partial charge in [-0.3, -0.25) is 9.18 Å². The van der Waals surface area contributed by atoms with Gasteiger partial charge >= 0.3 is 0 Å². The number of aryl methyl sites for hydroxylation is 1. The summed E-state index contributed by atoms with van der Waals surface area (Å²) in [6, 6.07) is 16.4. The average molecular weight is 371 g/mol. The van der Waals surface area contributed by atoms with E-state index in [0.717, 1.165) is 15.7 Å². The third-order valence-corrected chi connectivity index (χ3v) is 4.56. The number of hydrogen-bond acceptors (Lipinski definition) is 5. The topological polar surface area (TPSA) is 77.2 Å². The van der Waals surface area contributed by atoms with E-state index in [1.807, 2.05) is 42.5 Å². The first kappa shape index (κ1) is 17.9. The predicted octanol–water partition coefficient (Wildman–Crippen LogP) is 3.96. The van der Waals surface area contributed by atoms with Gasteiger partial charge in [-0.25, -0.2) is 4.98 Å². The van der Waals surface area contributed by atoms with Crippen LogP contribution in [-0.4, -0.2) is 17.6 Å². The summed E-state index contributed by atoms with van der Waals surface area (Å²) in [6.07, 6.45) is 0.186. The number of rotatable bonds is 7. The molecule has 0 atom stereocenters. The number of amides is 1. The number of para-hydroxylation sites is 1. The molecule has 2 aromatic heterocycles. The fraction of sp³-hybridized carbons (Fsp3) is 0.158. The Bertz CT molecular complexity index is 884. The summed E-state index contributed by atoms with van der Waals surface area (Å²) in [5, 5.41) is 3.55. The standard InChI is InChI=1S/C19H18FN3O2S/c20-11-10-13-6-8-16(18(21)23-13)19(24)22-12-15-7-9-17(26-15)25-14-4-2-1-3-5-14/h1-9H,10-12H2,(H2,21,23)(H,22,24). The summed E-state index contributed by atoms with van der Waals surface area (Å²) in [6.45, 7) is -0.156. The van der Waals surface area contributed by atoms with E-state index in [1.54, 1.807) is 12.1 Å². The van der Waals surface area contributed by atoms with Crippen molar-refractivity contribution in [1.82, 2.24) is 10.3 Å². The summed E-state index contributed by atoms with van der Waals surface area (Å²) < 4.78 is 18.1. The first-order valence-electron chi connectivity index (χ1n) is 8.07. The lowest BCUT2D eigenvalue weighted by Gasteiger charge is -2.07. The van der Waals surface area contributed by atoms with Crippen LogP contribution >= 0.6 is 11.3 Å². The van der Waals surface area contributed by atoms with E-state index in [1.165, 1.54) is 11.3 Å². The van der Waals surface area contributed by atoms with Crippen LogP contribution in [0.1, 0.15) is 20.9 Å². The average Bonchev–Trinajstić information content (AvgIpc) is 3.08. The number of aromatic nitrogens is 1. The maximum absolute atomic E-state index is 12.3. The molecule has 0 radical (unpaired) electrons. The number of carbonyl (C=O) groups is 1. The van der Waals surface area contributed by atoms with E-state index in [0.29, 0.717) is 12.2 Å². The van der Waals surface area contributed by atoms with Gasteiger partial charge in [0.2, 0.25) is 0 Å². The Balaban J connectivity index is 1.58. The molecule has 1 aromatic carbocycles. The second-order valence-corrected chi connectivity index (χ2v) is 6.62. The first-order chi connectivity index (χ1) is 12.7. The highest BCUT2D eigenvalue weighted by Gasteiger charge is 2.12. The van der Waals surface area contributed by atoms with Crippen molar-refractivity contribution in [2.24, 2.45) is 0 Å². The van der Waals surface area contributed by atoms with Crippen LogP contribution in [0.4, 0.5) is 10.2 Å². The minimum absolute atomic E-state index is 0.104. The Kier molecular flexibility index (Phi) is 5.80. The van der Waals surface area contributed by atoms with E-state index in [2.05, 4.69) is 10.3 Å². The number of halogens is 1. The van der Waals surface area contributed by atoms with Crippen LogP contribution in [0.15, 0.2) is 54.6 Å². The molecule has 0 aliphatic heterocycles. The molecule has 3 N–H and O–H groups in total. The van der Waals surface area contributed by atoms with Gasteiger partial charge in [-0.1, -0.05) is 18.2 Å². The Morgan fingerprint density at radius 1 is 1.15 bits per heavy atom. The zero-order chi connectivity index (χ0) is 18.4. The van der Waals surface area contributed by atoms with Gasteiger partial charge in [0, 0.05) is 17.0 Å². The van der Waals surface area contributed by atoms with Gasteiger partial charge in [0.05, 0.1) is 18.8 Å². The Morgan fingerprint density at radius 2 is 1.96 bits per heavy atom. The zero-order valence-corrected chi connectivity index (χ0v) is 14.8. The van der Waals surface area contributed by atoms with Crippen molar-refractivity contribution in [2.45, 2.75) is 13.0 Å². The zero-order valence-electron chi connectivity index (χ0n) is 13.9. The number of carbonyl (C=O) groups excluding carboxylic acids is 1.